The zero-order chi connectivity index (χ0) is 46.5. The van der Waals surface area contributed by atoms with Crippen LogP contribution in [-0.4, -0.2) is 104 Å². The Morgan fingerprint density at radius 3 is 1.27 bits per heavy atom. The van der Waals surface area contributed by atoms with Gasteiger partial charge in [-0.2, -0.15) is 0 Å². The highest BCUT2D eigenvalue weighted by Crippen LogP contribution is 2.67. The first kappa shape index (κ1) is 59.6. The van der Waals surface area contributed by atoms with Crippen LogP contribution in [-0.2, 0) is 14.2 Å². The molecule has 3 atom stereocenters. The molecule has 4 heterocycles. The Balaban J connectivity index is 0.000000675. The zero-order valence-electron chi connectivity index (χ0n) is 43.6. The molecule has 4 saturated carbocycles. The van der Waals surface area contributed by atoms with Gasteiger partial charge in [0.1, 0.15) is 6.10 Å². The van der Waals surface area contributed by atoms with Crippen molar-refractivity contribution in [1.82, 2.24) is 9.80 Å². The highest BCUT2D eigenvalue weighted by molar-refractivity contribution is 5.07. The lowest BCUT2D eigenvalue weighted by atomic mass is 9.41. The molecule has 0 aromatic carbocycles. The van der Waals surface area contributed by atoms with Crippen LogP contribution < -0.4 is 0 Å². The van der Waals surface area contributed by atoms with Gasteiger partial charge in [-0.25, -0.2) is 8.78 Å². The Morgan fingerprint density at radius 2 is 1.13 bits per heavy atom. The van der Waals surface area contributed by atoms with Gasteiger partial charge in [0.15, 0.2) is 0 Å². The molecule has 0 radical (unpaired) electrons. The van der Waals surface area contributed by atoms with E-state index < -0.39 is 17.9 Å². The molecule has 362 valence electrons. The third-order valence-corrected chi connectivity index (χ3v) is 12.9. The average molecular weight is 861 g/mol. The molecule has 8 aliphatic rings. The maximum atomic E-state index is 11.2. The second kappa shape index (κ2) is 29.9. The van der Waals surface area contributed by atoms with E-state index in [1.54, 1.807) is 19.3 Å². The largest absolute Gasteiger partial charge is 0.390 e. The second-order valence-electron chi connectivity index (χ2n) is 23.1. The van der Waals surface area contributed by atoms with Crippen molar-refractivity contribution in [2.24, 2.45) is 58.7 Å². The number of nitrogens with zero attached hydrogens (tertiary/aromatic N) is 2. The van der Waals surface area contributed by atoms with Crippen LogP contribution in [0.2, 0.25) is 0 Å². The fourth-order valence-electron chi connectivity index (χ4n) is 8.34. The fourth-order valence-corrected chi connectivity index (χ4v) is 8.34. The maximum Gasteiger partial charge on any atom is 0.240 e. The normalized spacial score (nSPS) is 26.8. The molecule has 0 aromatic heterocycles. The summed E-state index contributed by atoms with van der Waals surface area (Å²) in [5, 5.41) is 9.19. The van der Waals surface area contributed by atoms with Crippen molar-refractivity contribution in [3.8, 4) is 0 Å². The quantitative estimate of drug-likeness (QED) is 0.249. The first-order valence-corrected chi connectivity index (χ1v) is 24.9. The van der Waals surface area contributed by atoms with E-state index in [-0.39, 0.29) is 0 Å². The summed E-state index contributed by atoms with van der Waals surface area (Å²) in [6, 6.07) is 2.44. The minimum absolute atomic E-state index is 0.351. The summed E-state index contributed by atoms with van der Waals surface area (Å²) in [4.78, 5) is 5.21. The Labute approximate surface area is 373 Å². The van der Waals surface area contributed by atoms with Crippen molar-refractivity contribution >= 4 is 0 Å². The molecule has 8 fully saturated rings. The van der Waals surface area contributed by atoms with Gasteiger partial charge in [-0.3, -0.25) is 9.80 Å². The van der Waals surface area contributed by atoms with Crippen molar-refractivity contribution in [3.63, 3.8) is 0 Å². The van der Waals surface area contributed by atoms with Gasteiger partial charge in [0.2, 0.25) is 6.43 Å². The number of likely N-dealkylation sites (N-methyl/N-ethyl adjacent to an activating group) is 1. The predicted molar refractivity (Wildman–Crippen MR) is 255 cm³/mol. The number of aliphatic hydroxyl groups is 1. The number of likely N-dealkylation sites (tertiary alicyclic amines) is 1. The van der Waals surface area contributed by atoms with Gasteiger partial charge in [-0.15, -0.1) is 0 Å². The molecule has 4 bridgehead atoms. The zero-order valence-corrected chi connectivity index (χ0v) is 43.6. The van der Waals surface area contributed by atoms with Crippen LogP contribution in [0.1, 0.15) is 189 Å². The van der Waals surface area contributed by atoms with E-state index in [1.165, 1.54) is 59.0 Å². The van der Waals surface area contributed by atoms with Gasteiger partial charge < -0.3 is 19.3 Å². The Kier molecular flexibility index (Phi) is 29.8. The number of halogens is 2. The number of ether oxygens (including phenoxy) is 3. The highest BCUT2D eigenvalue weighted by atomic mass is 19.3. The second-order valence-corrected chi connectivity index (χ2v) is 23.1. The summed E-state index contributed by atoms with van der Waals surface area (Å²) in [5.74, 6) is 6.80. The Morgan fingerprint density at radius 1 is 0.683 bits per heavy atom. The molecule has 0 aromatic rings. The van der Waals surface area contributed by atoms with Gasteiger partial charge >= 0.3 is 0 Å². The van der Waals surface area contributed by atoms with Crippen LogP contribution in [0.15, 0.2) is 0 Å². The number of fused-ring (bicyclic) bond motifs is 2. The van der Waals surface area contributed by atoms with E-state index in [0.717, 1.165) is 97.8 Å². The van der Waals surface area contributed by atoms with E-state index in [2.05, 4.69) is 107 Å². The fraction of sp³-hybridized carbons (Fsp3) is 1.00. The Bertz CT molecular complexity index is 981. The van der Waals surface area contributed by atoms with Crippen LogP contribution >= 0.6 is 0 Å². The van der Waals surface area contributed by atoms with Gasteiger partial charge in [0, 0.05) is 50.3 Å². The van der Waals surface area contributed by atoms with E-state index in [4.69, 9.17) is 14.2 Å². The third-order valence-electron chi connectivity index (χ3n) is 12.9. The van der Waals surface area contributed by atoms with Crippen molar-refractivity contribution in [2.75, 3.05) is 46.6 Å². The minimum atomic E-state index is -2.15. The molecular weight excluding hydrogens is 755 g/mol. The molecule has 6 nitrogen and oxygen atoms in total. The summed E-state index contributed by atoms with van der Waals surface area (Å²) in [7, 11) is 2.29. The van der Waals surface area contributed by atoms with E-state index in [9.17, 15) is 13.9 Å². The van der Waals surface area contributed by atoms with E-state index >= 15 is 0 Å². The number of alkyl halides is 2. The summed E-state index contributed by atoms with van der Waals surface area (Å²) in [6.07, 6.45) is 11.3. The van der Waals surface area contributed by atoms with Crippen LogP contribution in [0.5, 0.6) is 0 Å². The molecule has 8 rings (SSSR count). The summed E-state index contributed by atoms with van der Waals surface area (Å²) >= 11 is 0. The molecule has 60 heavy (non-hydrogen) atoms. The molecule has 1 N–H and O–H groups in total. The topological polar surface area (TPSA) is 54.4 Å². The molecule has 4 aliphatic carbocycles. The van der Waals surface area contributed by atoms with Crippen LogP contribution in [0.25, 0.3) is 0 Å². The third kappa shape index (κ3) is 27.1. The number of hydrogen-bond donors (Lipinski definition) is 1. The summed E-state index contributed by atoms with van der Waals surface area (Å²) in [5.41, 5.74) is 0.388. The Hall–Kier alpha value is -0.380. The first-order chi connectivity index (χ1) is 27.6. The number of rotatable bonds is 9. The van der Waals surface area contributed by atoms with E-state index in [0.29, 0.717) is 18.1 Å². The van der Waals surface area contributed by atoms with Gasteiger partial charge in [-0.1, -0.05) is 90.0 Å². The molecular formula is C52H106F2N2O4. The lowest BCUT2D eigenvalue weighted by Crippen LogP contribution is -2.54. The number of hydrogen-bond acceptors (Lipinski definition) is 6. The average Bonchev–Trinajstić information content (AvgIpc) is 3.71. The molecule has 0 spiro atoms. The van der Waals surface area contributed by atoms with Crippen LogP contribution in [0.4, 0.5) is 8.78 Å². The minimum Gasteiger partial charge on any atom is -0.390 e. The lowest BCUT2D eigenvalue weighted by molar-refractivity contribution is -0.146. The van der Waals surface area contributed by atoms with Gasteiger partial charge in [0.05, 0.1) is 24.9 Å². The van der Waals surface area contributed by atoms with Crippen LogP contribution in [0, 0.1) is 58.7 Å². The van der Waals surface area contributed by atoms with Crippen molar-refractivity contribution in [1.29, 1.82) is 0 Å². The first-order valence-electron chi connectivity index (χ1n) is 24.9. The predicted octanol–water partition coefficient (Wildman–Crippen LogP) is 13.5. The van der Waals surface area contributed by atoms with Gasteiger partial charge in [-0.05, 0) is 159 Å². The summed E-state index contributed by atoms with van der Waals surface area (Å²) in [6.45, 7) is 46.1. The van der Waals surface area contributed by atoms with Gasteiger partial charge in [0.25, 0.3) is 0 Å². The highest BCUT2D eigenvalue weighted by Gasteiger charge is 2.57. The monoisotopic (exact) mass is 861 g/mol. The molecule has 0 amide bonds. The van der Waals surface area contributed by atoms with Crippen molar-refractivity contribution in [3.05, 3.63) is 0 Å². The molecule has 3 unspecified atom stereocenters. The lowest BCUT2D eigenvalue weighted by Gasteiger charge is -2.64. The SMILES string of the molecule is CC(C)C.CC(C)C(F)F.CC(C)C12CC(C1)C2.CC(C)C1CC1.CC(C)C1CCOC1.CC(C)CC(C)(C)O.CC(C)N1CC2CCC(C1)N2C.CC(C)OC1COC1. The summed E-state index contributed by atoms with van der Waals surface area (Å²) < 4.78 is 37.8. The van der Waals surface area contributed by atoms with Crippen LogP contribution in [0.3, 0.4) is 0 Å². The van der Waals surface area contributed by atoms with Crippen molar-refractivity contribution < 1.29 is 28.1 Å². The molecule has 4 saturated heterocycles. The smallest absolute Gasteiger partial charge is 0.240 e. The van der Waals surface area contributed by atoms with E-state index in [1.807, 2.05) is 27.7 Å². The molecule has 8 heteroatoms. The molecule has 4 aliphatic heterocycles. The van der Waals surface area contributed by atoms with Crippen molar-refractivity contribution in [2.45, 2.75) is 232 Å². The number of piperazine rings is 1. The maximum absolute atomic E-state index is 11.2. The standard InChI is InChI=1S/C10H20N2.C8H14.C7H14O.C7H16O.C6H12O2.C6H12.C4H8F2.C4H10/c1-8(2)12-6-9-4-5-10(7-12)11(9)3;1-6(2)8-3-7(4-8)5-8;1-6(2)7-3-4-8-5-7;1-6(2)5-7(3,4)8;1-5(2)8-6-3-7-4-6;1-5(2)6-3-4-6;1-3(2)4(5)6;1-4(2)3/h8-10H,4-7H2,1-3H3;2*6-7H,3-5H2,1-2H3;6,8H,5H2,1-4H3;5-6H,3-4H2,1-2H3;5-6H,3-4H2,1-2H3;3-4H,1-2H3;4H,1-3H3.